The van der Waals surface area contributed by atoms with Crippen LogP contribution in [0.3, 0.4) is 0 Å². The van der Waals surface area contributed by atoms with E-state index in [1.54, 1.807) is 30.3 Å². The zero-order valence-electron chi connectivity index (χ0n) is 13.8. The molecule has 0 bridgehead atoms. The lowest BCUT2D eigenvalue weighted by Gasteiger charge is -2.13. The number of aliphatic carboxylic acids is 1. The van der Waals surface area contributed by atoms with Crippen molar-refractivity contribution in [1.29, 1.82) is 0 Å². The van der Waals surface area contributed by atoms with E-state index in [0.29, 0.717) is 10.1 Å². The minimum Gasteiger partial charge on any atom is -0.480 e. The van der Waals surface area contributed by atoms with Crippen molar-refractivity contribution in [1.82, 2.24) is 9.13 Å². The number of hydrogen-bond acceptors (Lipinski definition) is 6. The lowest BCUT2D eigenvalue weighted by Crippen LogP contribution is -2.43. The number of benzene rings is 1. The first-order chi connectivity index (χ1) is 12.2. The molecule has 2 rings (SSSR count). The Morgan fingerprint density at radius 3 is 2.46 bits per heavy atom. The van der Waals surface area contributed by atoms with Crippen LogP contribution < -0.4 is 16.0 Å². The minimum absolute atomic E-state index is 0.286. The van der Waals surface area contributed by atoms with Crippen LogP contribution in [0.25, 0.3) is 0 Å². The maximum absolute atomic E-state index is 12.3. The maximum atomic E-state index is 12.3. The third-order valence-corrected chi connectivity index (χ3v) is 4.51. The second-order valence-electron chi connectivity index (χ2n) is 5.34. The Morgan fingerprint density at radius 2 is 1.88 bits per heavy atom. The Labute approximate surface area is 148 Å². The number of ether oxygens (including phenoxy) is 1. The fraction of sp³-hybridized carbons (Fsp3) is 0.267. The molecule has 0 radical (unpaired) electrons. The summed E-state index contributed by atoms with van der Waals surface area (Å²) in [6.07, 6.45) is 0.981. The number of carbonyl (C=O) groups is 1. The van der Waals surface area contributed by atoms with Crippen LogP contribution in [0.2, 0.25) is 0 Å². The molecule has 1 heterocycles. The number of methoxy groups -OCH3 is 1. The first-order valence-corrected chi connectivity index (χ1v) is 8.98. The number of rotatable bonds is 8. The lowest BCUT2D eigenvalue weighted by atomic mass is 10.2. The summed E-state index contributed by atoms with van der Waals surface area (Å²) in [7, 11) is -2.68. The SMILES string of the molecule is COCn1cc(NS(=O)(=O)Cc2ccccc2)c(=O)n(CC(=O)O)c1=O. The Morgan fingerprint density at radius 1 is 1.23 bits per heavy atom. The van der Waals surface area contributed by atoms with Crippen LogP contribution in [0.5, 0.6) is 0 Å². The first kappa shape index (κ1) is 19.4. The van der Waals surface area contributed by atoms with Crippen molar-refractivity contribution in [3.8, 4) is 0 Å². The van der Waals surface area contributed by atoms with Crippen molar-refractivity contribution >= 4 is 21.7 Å². The van der Waals surface area contributed by atoms with E-state index in [1.807, 2.05) is 0 Å². The van der Waals surface area contributed by atoms with Crippen LogP contribution >= 0.6 is 0 Å². The van der Waals surface area contributed by atoms with E-state index in [0.717, 1.165) is 10.8 Å². The summed E-state index contributed by atoms with van der Waals surface area (Å²) in [6.45, 7) is -1.19. The summed E-state index contributed by atoms with van der Waals surface area (Å²) in [5, 5.41) is 8.88. The smallest absolute Gasteiger partial charge is 0.333 e. The zero-order valence-corrected chi connectivity index (χ0v) is 14.6. The van der Waals surface area contributed by atoms with Crippen LogP contribution in [0.4, 0.5) is 5.69 Å². The Balaban J connectivity index is 2.44. The minimum atomic E-state index is -3.97. The Bertz CT molecular complexity index is 1010. The van der Waals surface area contributed by atoms with Crippen molar-refractivity contribution in [3.05, 3.63) is 62.9 Å². The number of carboxylic acids is 1. The second-order valence-corrected chi connectivity index (χ2v) is 7.07. The molecule has 2 N–H and O–H groups in total. The molecule has 0 aliphatic heterocycles. The summed E-state index contributed by atoms with van der Waals surface area (Å²) in [5.74, 6) is -1.81. The molecule has 140 valence electrons. The standard InChI is InChI=1S/C15H17N3O7S/c1-25-10-17-7-12(14(21)18(15(17)22)8-13(19)20)16-26(23,24)9-11-5-3-2-4-6-11/h2-7,16H,8-10H2,1H3,(H,19,20). The highest BCUT2D eigenvalue weighted by atomic mass is 32.2. The van der Waals surface area contributed by atoms with E-state index in [-0.39, 0.29) is 6.73 Å². The second kappa shape index (κ2) is 7.97. The molecule has 0 aliphatic rings. The van der Waals surface area contributed by atoms with Crippen molar-refractivity contribution in [2.75, 3.05) is 11.8 Å². The predicted molar refractivity (Wildman–Crippen MR) is 92.3 cm³/mol. The average molecular weight is 383 g/mol. The van der Waals surface area contributed by atoms with Gasteiger partial charge in [0.25, 0.3) is 5.56 Å². The van der Waals surface area contributed by atoms with Gasteiger partial charge in [0.2, 0.25) is 10.0 Å². The van der Waals surface area contributed by atoms with Gasteiger partial charge in [0.1, 0.15) is 19.0 Å². The van der Waals surface area contributed by atoms with E-state index in [4.69, 9.17) is 9.84 Å². The molecule has 11 heteroatoms. The van der Waals surface area contributed by atoms with E-state index < -0.39 is 45.2 Å². The molecule has 26 heavy (non-hydrogen) atoms. The molecular formula is C15H17N3O7S. The molecule has 0 fully saturated rings. The van der Waals surface area contributed by atoms with Crippen molar-refractivity contribution < 1.29 is 23.1 Å². The quantitative estimate of drug-likeness (QED) is 0.635. The van der Waals surface area contributed by atoms with Gasteiger partial charge in [-0.1, -0.05) is 30.3 Å². The Hall–Kier alpha value is -2.92. The van der Waals surface area contributed by atoms with E-state index in [2.05, 4.69) is 4.72 Å². The molecule has 1 aromatic heterocycles. The van der Waals surface area contributed by atoms with Gasteiger partial charge in [-0.15, -0.1) is 0 Å². The van der Waals surface area contributed by atoms with Crippen molar-refractivity contribution in [2.24, 2.45) is 0 Å². The van der Waals surface area contributed by atoms with Gasteiger partial charge in [-0.3, -0.25) is 18.9 Å². The highest BCUT2D eigenvalue weighted by Gasteiger charge is 2.19. The molecular weight excluding hydrogens is 366 g/mol. The van der Waals surface area contributed by atoms with Gasteiger partial charge in [-0.25, -0.2) is 17.8 Å². The van der Waals surface area contributed by atoms with Crippen LogP contribution in [0.15, 0.2) is 46.1 Å². The van der Waals surface area contributed by atoms with Gasteiger partial charge in [0.15, 0.2) is 0 Å². The van der Waals surface area contributed by atoms with Gasteiger partial charge in [-0.05, 0) is 5.56 Å². The number of nitrogens with zero attached hydrogens (tertiary/aromatic N) is 2. The van der Waals surface area contributed by atoms with E-state index in [1.165, 1.54) is 7.11 Å². The molecule has 0 aliphatic carbocycles. The molecule has 0 amide bonds. The number of aromatic nitrogens is 2. The van der Waals surface area contributed by atoms with E-state index in [9.17, 15) is 22.8 Å². The topological polar surface area (TPSA) is 137 Å². The first-order valence-electron chi connectivity index (χ1n) is 7.33. The van der Waals surface area contributed by atoms with Gasteiger partial charge < -0.3 is 9.84 Å². The van der Waals surface area contributed by atoms with Gasteiger partial charge in [0.05, 0.1) is 5.75 Å². The zero-order chi connectivity index (χ0) is 19.3. The number of hydrogen-bond donors (Lipinski definition) is 2. The molecule has 0 spiro atoms. The van der Waals surface area contributed by atoms with Crippen LogP contribution in [-0.4, -0.2) is 35.7 Å². The van der Waals surface area contributed by atoms with Gasteiger partial charge in [-0.2, -0.15) is 0 Å². The predicted octanol–water partition coefficient (Wildman–Crippen LogP) is -0.360. The number of carboxylic acid groups (broad SMARTS) is 1. The third-order valence-electron chi connectivity index (χ3n) is 3.26. The summed E-state index contributed by atoms with van der Waals surface area (Å²) in [5.41, 5.74) is -1.93. The number of anilines is 1. The fourth-order valence-corrected chi connectivity index (χ4v) is 3.41. The van der Waals surface area contributed by atoms with Crippen LogP contribution in [-0.2, 0) is 38.6 Å². The van der Waals surface area contributed by atoms with Crippen LogP contribution in [0.1, 0.15) is 5.56 Å². The normalized spacial score (nSPS) is 11.3. The average Bonchev–Trinajstić information content (AvgIpc) is 2.56. The van der Waals surface area contributed by atoms with Gasteiger partial charge >= 0.3 is 11.7 Å². The fourth-order valence-electron chi connectivity index (χ4n) is 2.23. The molecule has 0 saturated carbocycles. The largest absolute Gasteiger partial charge is 0.480 e. The molecule has 0 saturated heterocycles. The third kappa shape index (κ3) is 4.80. The number of sulfonamides is 1. The summed E-state index contributed by atoms with van der Waals surface area (Å²) >= 11 is 0. The van der Waals surface area contributed by atoms with Gasteiger partial charge in [0, 0.05) is 13.3 Å². The maximum Gasteiger partial charge on any atom is 0.333 e. The van der Waals surface area contributed by atoms with Crippen molar-refractivity contribution in [3.63, 3.8) is 0 Å². The number of nitrogens with one attached hydrogen (secondary N) is 1. The summed E-state index contributed by atoms with van der Waals surface area (Å²) in [4.78, 5) is 35.4. The summed E-state index contributed by atoms with van der Waals surface area (Å²) in [6, 6.07) is 8.28. The molecule has 0 atom stereocenters. The molecule has 1 aromatic carbocycles. The van der Waals surface area contributed by atoms with E-state index >= 15 is 0 Å². The summed E-state index contributed by atoms with van der Waals surface area (Å²) < 4.78 is 32.9. The van der Waals surface area contributed by atoms with Crippen molar-refractivity contribution in [2.45, 2.75) is 19.0 Å². The lowest BCUT2D eigenvalue weighted by molar-refractivity contribution is -0.137. The monoisotopic (exact) mass is 383 g/mol. The molecule has 10 nitrogen and oxygen atoms in total. The molecule has 2 aromatic rings. The van der Waals surface area contributed by atoms with Crippen LogP contribution in [0, 0.1) is 0 Å². The molecule has 0 unspecified atom stereocenters. The highest BCUT2D eigenvalue weighted by molar-refractivity contribution is 7.91. The highest BCUT2D eigenvalue weighted by Crippen LogP contribution is 2.09. The Kier molecular flexibility index (Phi) is 5.95.